The lowest BCUT2D eigenvalue weighted by Gasteiger charge is -2.21. The van der Waals surface area contributed by atoms with Gasteiger partial charge < -0.3 is 9.84 Å². The number of ether oxygens (including phenoxy) is 1. The minimum absolute atomic E-state index is 0.117. The third-order valence-corrected chi connectivity index (χ3v) is 4.15. The number of carboxylic acids is 1. The van der Waals surface area contributed by atoms with Crippen LogP contribution in [0.1, 0.15) is 36.0 Å². The fraction of sp³-hybridized carbons (Fsp3) is 0.500. The number of aliphatic carboxylic acids is 1. The van der Waals surface area contributed by atoms with Crippen molar-refractivity contribution in [2.75, 3.05) is 7.11 Å². The number of aryl methyl sites for hydroxylation is 2. The zero-order chi connectivity index (χ0) is 13.5. The molecule has 0 heterocycles. The number of hydrogen-bond donors (Lipinski definition) is 1. The van der Waals surface area contributed by atoms with Gasteiger partial charge in [0.25, 0.3) is 0 Å². The summed E-state index contributed by atoms with van der Waals surface area (Å²) in [5.74, 6) is -0.0471. The van der Waals surface area contributed by atoms with Gasteiger partial charge in [-0.1, -0.05) is 17.7 Å². The highest BCUT2D eigenvalue weighted by Crippen LogP contribution is 2.57. The molecule has 1 aromatic carbocycles. The van der Waals surface area contributed by atoms with Gasteiger partial charge in [-0.25, -0.2) is 0 Å². The van der Waals surface area contributed by atoms with Crippen LogP contribution in [0.15, 0.2) is 6.07 Å². The van der Waals surface area contributed by atoms with E-state index in [2.05, 4.69) is 0 Å². The van der Waals surface area contributed by atoms with Gasteiger partial charge in [0.05, 0.1) is 18.6 Å². The standard InChI is InChI=1S/C14H17ClO3/c1-8-6-9(2)13(18-3)11(12(8)15)14(4-5-14)7-10(16)17/h6H,4-5,7H2,1-3H3,(H,16,17). The SMILES string of the molecule is COc1c(C)cc(C)c(Cl)c1C1(CC(=O)O)CC1. The van der Waals surface area contributed by atoms with Crippen LogP contribution < -0.4 is 4.74 Å². The Balaban J connectivity index is 2.59. The molecule has 0 atom stereocenters. The Bertz CT molecular complexity index is 504. The van der Waals surface area contributed by atoms with Gasteiger partial charge in [-0.05, 0) is 37.8 Å². The molecule has 4 heteroatoms. The Labute approximate surface area is 112 Å². The van der Waals surface area contributed by atoms with Crippen molar-refractivity contribution in [3.63, 3.8) is 0 Å². The number of carboxylic acid groups (broad SMARTS) is 1. The topological polar surface area (TPSA) is 46.5 Å². The number of carbonyl (C=O) groups is 1. The summed E-state index contributed by atoms with van der Waals surface area (Å²) in [4.78, 5) is 11.0. The summed E-state index contributed by atoms with van der Waals surface area (Å²) >= 11 is 6.38. The molecule has 0 spiro atoms. The van der Waals surface area contributed by atoms with Gasteiger partial charge in [-0.15, -0.1) is 0 Å². The first-order valence-electron chi connectivity index (χ1n) is 5.97. The van der Waals surface area contributed by atoms with Crippen LogP contribution in [0, 0.1) is 13.8 Å². The Hall–Kier alpha value is -1.22. The highest BCUT2D eigenvalue weighted by atomic mass is 35.5. The van der Waals surface area contributed by atoms with Gasteiger partial charge in [-0.2, -0.15) is 0 Å². The van der Waals surface area contributed by atoms with Crippen LogP contribution in [0.5, 0.6) is 5.75 Å². The van der Waals surface area contributed by atoms with Crippen LogP contribution in [-0.2, 0) is 10.2 Å². The van der Waals surface area contributed by atoms with Crippen LogP contribution in [-0.4, -0.2) is 18.2 Å². The monoisotopic (exact) mass is 268 g/mol. The number of benzene rings is 1. The van der Waals surface area contributed by atoms with Gasteiger partial charge >= 0.3 is 5.97 Å². The Morgan fingerprint density at radius 3 is 2.50 bits per heavy atom. The highest BCUT2D eigenvalue weighted by Gasteiger charge is 2.49. The van der Waals surface area contributed by atoms with Crippen molar-refractivity contribution in [2.45, 2.75) is 38.5 Å². The third-order valence-electron chi connectivity index (χ3n) is 3.66. The summed E-state index contributed by atoms with van der Waals surface area (Å²) in [5, 5.41) is 9.71. The first-order chi connectivity index (χ1) is 8.41. The molecule has 1 aromatic rings. The smallest absolute Gasteiger partial charge is 0.304 e. The van der Waals surface area contributed by atoms with Crippen LogP contribution in [0.2, 0.25) is 5.02 Å². The van der Waals surface area contributed by atoms with Crippen LogP contribution in [0.4, 0.5) is 0 Å². The van der Waals surface area contributed by atoms with Gasteiger partial charge in [0.1, 0.15) is 5.75 Å². The maximum atomic E-state index is 11.0. The van der Waals surface area contributed by atoms with Crippen molar-refractivity contribution in [3.8, 4) is 5.75 Å². The minimum atomic E-state index is -0.787. The minimum Gasteiger partial charge on any atom is -0.496 e. The first-order valence-corrected chi connectivity index (χ1v) is 6.35. The molecule has 0 amide bonds. The van der Waals surface area contributed by atoms with Crippen molar-refractivity contribution in [2.24, 2.45) is 0 Å². The van der Waals surface area contributed by atoms with E-state index in [0.717, 1.165) is 35.3 Å². The van der Waals surface area contributed by atoms with E-state index in [1.807, 2.05) is 19.9 Å². The molecular weight excluding hydrogens is 252 g/mol. The van der Waals surface area contributed by atoms with Gasteiger partial charge in [-0.3, -0.25) is 4.79 Å². The van der Waals surface area contributed by atoms with E-state index >= 15 is 0 Å². The molecule has 0 aromatic heterocycles. The largest absolute Gasteiger partial charge is 0.496 e. The van der Waals surface area contributed by atoms with Crippen molar-refractivity contribution >= 4 is 17.6 Å². The quantitative estimate of drug-likeness (QED) is 0.909. The van der Waals surface area contributed by atoms with Crippen molar-refractivity contribution < 1.29 is 14.6 Å². The van der Waals surface area contributed by atoms with E-state index in [-0.39, 0.29) is 11.8 Å². The molecule has 2 rings (SSSR count). The maximum Gasteiger partial charge on any atom is 0.304 e. The zero-order valence-electron chi connectivity index (χ0n) is 10.8. The van der Waals surface area contributed by atoms with Gasteiger partial charge in [0.15, 0.2) is 0 Å². The molecule has 18 heavy (non-hydrogen) atoms. The summed E-state index contributed by atoms with van der Waals surface area (Å²) in [6.45, 7) is 3.90. The maximum absolute atomic E-state index is 11.0. The molecule has 0 unspecified atom stereocenters. The summed E-state index contributed by atoms with van der Waals surface area (Å²) in [5.41, 5.74) is 2.53. The van der Waals surface area contributed by atoms with Crippen molar-refractivity contribution in [3.05, 3.63) is 27.8 Å². The lowest BCUT2D eigenvalue weighted by atomic mass is 9.88. The summed E-state index contributed by atoms with van der Waals surface area (Å²) in [6.07, 6.45) is 1.84. The average molecular weight is 269 g/mol. The number of methoxy groups -OCH3 is 1. The zero-order valence-corrected chi connectivity index (χ0v) is 11.6. The summed E-state index contributed by atoms with van der Waals surface area (Å²) in [6, 6.07) is 1.97. The van der Waals surface area contributed by atoms with Crippen LogP contribution in [0.25, 0.3) is 0 Å². The number of rotatable bonds is 4. The van der Waals surface area contributed by atoms with Gasteiger partial charge in [0, 0.05) is 11.0 Å². The predicted molar refractivity (Wildman–Crippen MR) is 70.6 cm³/mol. The van der Waals surface area contributed by atoms with E-state index in [9.17, 15) is 4.79 Å². The molecule has 0 bridgehead atoms. The van der Waals surface area contributed by atoms with Crippen LogP contribution >= 0.6 is 11.6 Å². The van der Waals surface area contributed by atoms with E-state index in [1.165, 1.54) is 0 Å². The highest BCUT2D eigenvalue weighted by molar-refractivity contribution is 6.32. The second kappa shape index (κ2) is 4.47. The fourth-order valence-electron chi connectivity index (χ4n) is 2.64. The molecule has 1 aliphatic carbocycles. The van der Waals surface area contributed by atoms with E-state index in [0.29, 0.717) is 5.02 Å². The lowest BCUT2D eigenvalue weighted by Crippen LogP contribution is -2.16. The molecule has 0 saturated heterocycles. The van der Waals surface area contributed by atoms with E-state index in [1.54, 1.807) is 7.11 Å². The van der Waals surface area contributed by atoms with E-state index in [4.69, 9.17) is 21.4 Å². The molecule has 0 radical (unpaired) electrons. The second-order valence-corrected chi connectivity index (χ2v) is 5.46. The predicted octanol–water partition coefficient (Wildman–Crippen LogP) is 3.47. The van der Waals surface area contributed by atoms with Crippen molar-refractivity contribution in [1.29, 1.82) is 0 Å². The first kappa shape index (κ1) is 13.2. The average Bonchev–Trinajstić information content (AvgIpc) is 3.02. The Kier molecular flexibility index (Phi) is 3.28. The Morgan fingerprint density at radius 1 is 1.44 bits per heavy atom. The molecule has 1 saturated carbocycles. The number of hydrogen-bond acceptors (Lipinski definition) is 2. The Morgan fingerprint density at radius 2 is 2.06 bits per heavy atom. The molecular formula is C14H17ClO3. The normalized spacial score (nSPS) is 16.4. The second-order valence-electron chi connectivity index (χ2n) is 5.08. The molecule has 98 valence electrons. The summed E-state index contributed by atoms with van der Waals surface area (Å²) < 4.78 is 5.44. The van der Waals surface area contributed by atoms with Crippen molar-refractivity contribution in [1.82, 2.24) is 0 Å². The van der Waals surface area contributed by atoms with E-state index < -0.39 is 5.97 Å². The lowest BCUT2D eigenvalue weighted by molar-refractivity contribution is -0.137. The number of halogens is 1. The molecule has 3 nitrogen and oxygen atoms in total. The van der Waals surface area contributed by atoms with Gasteiger partial charge in [0.2, 0.25) is 0 Å². The molecule has 1 N–H and O–H groups in total. The molecule has 1 aliphatic rings. The molecule has 0 aliphatic heterocycles. The van der Waals surface area contributed by atoms with Crippen LogP contribution in [0.3, 0.4) is 0 Å². The summed E-state index contributed by atoms with van der Waals surface area (Å²) in [7, 11) is 1.61. The fourth-order valence-corrected chi connectivity index (χ4v) is 2.98. The molecule has 1 fully saturated rings. The third kappa shape index (κ3) is 2.07.